The first-order chi connectivity index (χ1) is 8.50. The molecular formula is C12H24O6. The molecule has 0 saturated heterocycles. The van der Waals surface area contributed by atoms with Gasteiger partial charge >= 0.3 is 5.97 Å². The van der Waals surface area contributed by atoms with Crippen LogP contribution in [0.3, 0.4) is 0 Å². The maximum atomic E-state index is 10.1. The number of unbranched alkanes of at least 4 members (excludes halogenated alkanes) is 1. The number of hydrogen-bond donors (Lipinski definition) is 2. The third-order valence-corrected chi connectivity index (χ3v) is 1.69. The van der Waals surface area contributed by atoms with Gasteiger partial charge in [0.05, 0.1) is 13.2 Å². The number of rotatable bonds is 10. The third-order valence-electron chi connectivity index (χ3n) is 1.69. The normalized spacial score (nSPS) is 9.44. The number of carbonyl (C=O) groups is 2. The highest BCUT2D eigenvalue weighted by molar-refractivity contribution is 5.66. The molecule has 0 bridgehead atoms. The predicted molar refractivity (Wildman–Crippen MR) is 66.7 cm³/mol. The van der Waals surface area contributed by atoms with Crippen molar-refractivity contribution in [2.75, 3.05) is 26.4 Å². The number of ether oxygens (including phenoxy) is 2. The Balaban J connectivity index is 0. The Bertz CT molecular complexity index is 201. The van der Waals surface area contributed by atoms with E-state index in [1.165, 1.54) is 0 Å². The lowest BCUT2D eigenvalue weighted by Gasteiger charge is -2.04. The fraction of sp³-hybridized carbons (Fsp3) is 0.833. The van der Waals surface area contributed by atoms with Gasteiger partial charge in [-0.2, -0.15) is 0 Å². The molecule has 6 heteroatoms. The topological polar surface area (TPSA) is 93.1 Å². The van der Waals surface area contributed by atoms with Gasteiger partial charge in [0.15, 0.2) is 0 Å². The van der Waals surface area contributed by atoms with Crippen LogP contribution in [-0.2, 0) is 19.1 Å². The molecule has 0 aromatic carbocycles. The molecule has 108 valence electrons. The molecule has 2 N–H and O–H groups in total. The fourth-order valence-corrected chi connectivity index (χ4v) is 0.894. The Morgan fingerprint density at radius 3 is 1.78 bits per heavy atom. The summed E-state index contributed by atoms with van der Waals surface area (Å²) in [6.45, 7) is 5.65. The molecular weight excluding hydrogens is 240 g/mol. The van der Waals surface area contributed by atoms with Gasteiger partial charge in [-0.3, -0.25) is 9.59 Å². The van der Waals surface area contributed by atoms with Crippen molar-refractivity contribution in [3.63, 3.8) is 0 Å². The minimum absolute atomic E-state index is 0.177. The van der Waals surface area contributed by atoms with E-state index in [9.17, 15) is 4.79 Å². The quantitative estimate of drug-likeness (QED) is 0.584. The molecule has 0 aliphatic carbocycles. The van der Waals surface area contributed by atoms with E-state index in [0.29, 0.717) is 26.2 Å². The zero-order valence-electron chi connectivity index (χ0n) is 11.2. The summed E-state index contributed by atoms with van der Waals surface area (Å²) in [5.74, 6) is -1.60. The molecule has 18 heavy (non-hydrogen) atoms. The molecule has 0 aliphatic heterocycles. The lowest BCUT2D eigenvalue weighted by Crippen LogP contribution is -2.07. The first-order valence-corrected chi connectivity index (χ1v) is 6.07. The van der Waals surface area contributed by atoms with Crippen molar-refractivity contribution in [1.82, 2.24) is 0 Å². The van der Waals surface area contributed by atoms with Crippen LogP contribution in [0.2, 0.25) is 0 Å². The Morgan fingerprint density at radius 1 is 0.944 bits per heavy atom. The summed E-state index contributed by atoms with van der Waals surface area (Å²) in [5, 5.41) is 15.7. The SMILES string of the molecule is CC(=O)O.CCCCOCCOCCCC(=O)O. The van der Waals surface area contributed by atoms with E-state index in [0.717, 1.165) is 26.4 Å². The Kier molecular flexibility index (Phi) is 16.9. The van der Waals surface area contributed by atoms with Crippen molar-refractivity contribution in [2.24, 2.45) is 0 Å². The van der Waals surface area contributed by atoms with Crippen LogP contribution in [0.5, 0.6) is 0 Å². The molecule has 0 aromatic heterocycles. The van der Waals surface area contributed by atoms with Crippen molar-refractivity contribution in [2.45, 2.75) is 39.5 Å². The van der Waals surface area contributed by atoms with Crippen molar-refractivity contribution in [3.8, 4) is 0 Å². The van der Waals surface area contributed by atoms with Crippen molar-refractivity contribution in [3.05, 3.63) is 0 Å². The minimum atomic E-state index is -0.833. The summed E-state index contributed by atoms with van der Waals surface area (Å²) >= 11 is 0. The average molecular weight is 264 g/mol. The Morgan fingerprint density at radius 2 is 1.39 bits per heavy atom. The van der Waals surface area contributed by atoms with Crippen LogP contribution in [0, 0.1) is 0 Å². The van der Waals surface area contributed by atoms with Crippen LogP contribution < -0.4 is 0 Å². The number of carboxylic acids is 2. The number of hydrogen-bond acceptors (Lipinski definition) is 4. The molecule has 0 radical (unpaired) electrons. The lowest BCUT2D eigenvalue weighted by atomic mass is 10.3. The molecule has 0 aromatic rings. The van der Waals surface area contributed by atoms with Crippen LogP contribution >= 0.6 is 0 Å². The fourth-order valence-electron chi connectivity index (χ4n) is 0.894. The molecule has 0 unspecified atom stereocenters. The highest BCUT2D eigenvalue weighted by Gasteiger charge is 1.95. The van der Waals surface area contributed by atoms with E-state index >= 15 is 0 Å². The van der Waals surface area contributed by atoms with Gasteiger partial charge in [0.1, 0.15) is 0 Å². The average Bonchev–Trinajstić information content (AvgIpc) is 2.26. The van der Waals surface area contributed by atoms with Crippen LogP contribution in [0.4, 0.5) is 0 Å². The second kappa shape index (κ2) is 15.9. The van der Waals surface area contributed by atoms with Gasteiger partial charge in [-0.05, 0) is 12.8 Å². The third kappa shape index (κ3) is 29.4. The second-order valence-corrected chi connectivity index (χ2v) is 3.59. The monoisotopic (exact) mass is 264 g/mol. The zero-order valence-corrected chi connectivity index (χ0v) is 11.2. The van der Waals surface area contributed by atoms with E-state index < -0.39 is 11.9 Å². The molecule has 0 saturated carbocycles. The van der Waals surface area contributed by atoms with Crippen molar-refractivity contribution in [1.29, 1.82) is 0 Å². The molecule has 0 atom stereocenters. The van der Waals surface area contributed by atoms with Gasteiger partial charge in [-0.25, -0.2) is 0 Å². The van der Waals surface area contributed by atoms with Crippen LogP contribution in [0.1, 0.15) is 39.5 Å². The Labute approximate surface area is 108 Å². The zero-order chi connectivity index (χ0) is 14.2. The smallest absolute Gasteiger partial charge is 0.303 e. The van der Waals surface area contributed by atoms with Gasteiger partial charge in [-0.1, -0.05) is 13.3 Å². The minimum Gasteiger partial charge on any atom is -0.481 e. The summed E-state index contributed by atoms with van der Waals surface area (Å²) in [5.41, 5.74) is 0. The van der Waals surface area contributed by atoms with Crippen LogP contribution in [-0.4, -0.2) is 48.6 Å². The van der Waals surface area contributed by atoms with E-state index in [4.69, 9.17) is 24.5 Å². The summed E-state index contributed by atoms with van der Waals surface area (Å²) in [7, 11) is 0. The molecule has 0 amide bonds. The van der Waals surface area contributed by atoms with E-state index in [1.54, 1.807) is 0 Å². The van der Waals surface area contributed by atoms with Crippen molar-refractivity contribution < 1.29 is 29.3 Å². The van der Waals surface area contributed by atoms with E-state index in [1.807, 2.05) is 0 Å². The highest BCUT2D eigenvalue weighted by Crippen LogP contribution is 1.91. The maximum Gasteiger partial charge on any atom is 0.303 e. The van der Waals surface area contributed by atoms with Gasteiger partial charge in [0, 0.05) is 26.6 Å². The summed E-state index contributed by atoms with van der Waals surface area (Å²) < 4.78 is 10.4. The second-order valence-electron chi connectivity index (χ2n) is 3.59. The molecule has 0 aliphatic rings. The van der Waals surface area contributed by atoms with Crippen LogP contribution in [0.25, 0.3) is 0 Å². The molecule has 0 rings (SSSR count). The van der Waals surface area contributed by atoms with Gasteiger partial charge in [0.2, 0.25) is 0 Å². The highest BCUT2D eigenvalue weighted by atomic mass is 16.5. The number of aliphatic carboxylic acids is 2. The maximum absolute atomic E-state index is 10.1. The first-order valence-electron chi connectivity index (χ1n) is 6.07. The molecule has 0 fully saturated rings. The summed E-state index contributed by atoms with van der Waals surface area (Å²) in [4.78, 5) is 19.1. The van der Waals surface area contributed by atoms with Crippen LogP contribution in [0.15, 0.2) is 0 Å². The number of carboxylic acid groups (broad SMARTS) is 2. The molecule has 0 heterocycles. The predicted octanol–water partition coefficient (Wildman–Crippen LogP) is 1.78. The van der Waals surface area contributed by atoms with Gasteiger partial charge in [0.25, 0.3) is 5.97 Å². The first kappa shape index (κ1) is 19.2. The largest absolute Gasteiger partial charge is 0.481 e. The van der Waals surface area contributed by atoms with Gasteiger partial charge < -0.3 is 19.7 Å². The summed E-state index contributed by atoms with van der Waals surface area (Å²) in [6.07, 6.45) is 2.97. The van der Waals surface area contributed by atoms with E-state index in [-0.39, 0.29) is 6.42 Å². The lowest BCUT2D eigenvalue weighted by molar-refractivity contribution is -0.137. The van der Waals surface area contributed by atoms with E-state index in [2.05, 4.69) is 6.92 Å². The summed E-state index contributed by atoms with van der Waals surface area (Å²) in [6, 6.07) is 0. The van der Waals surface area contributed by atoms with Crippen molar-refractivity contribution >= 4 is 11.9 Å². The molecule has 6 nitrogen and oxygen atoms in total. The molecule has 0 spiro atoms. The van der Waals surface area contributed by atoms with Gasteiger partial charge in [-0.15, -0.1) is 0 Å². The standard InChI is InChI=1S/C10H20O4.C2H4O2/c1-2-3-6-13-8-9-14-7-4-5-10(11)12;1-2(3)4/h2-9H2,1H3,(H,11,12);1H3,(H,3,4). The Hall–Kier alpha value is -1.14.